The Kier molecular flexibility index (Phi) is 5.31. The van der Waals surface area contributed by atoms with Crippen molar-refractivity contribution in [2.24, 2.45) is 0 Å². The minimum Gasteiger partial charge on any atom is -0.493 e. The van der Waals surface area contributed by atoms with E-state index in [1.807, 2.05) is 6.92 Å². The van der Waals surface area contributed by atoms with Crippen LogP contribution >= 0.6 is 0 Å². The number of methoxy groups -OCH3 is 2. The van der Waals surface area contributed by atoms with Crippen molar-refractivity contribution in [3.05, 3.63) is 17.7 Å². The van der Waals surface area contributed by atoms with Gasteiger partial charge in [-0.2, -0.15) is 0 Å². The Balaban J connectivity index is 2.28. The van der Waals surface area contributed by atoms with Gasteiger partial charge in [-0.1, -0.05) is 0 Å². The monoisotopic (exact) mass is 329 g/mol. The van der Waals surface area contributed by atoms with E-state index in [-0.39, 0.29) is 17.0 Å². The van der Waals surface area contributed by atoms with E-state index in [9.17, 15) is 8.42 Å². The summed E-state index contributed by atoms with van der Waals surface area (Å²) in [6.07, 6.45) is 1.76. The first-order chi connectivity index (χ1) is 10.4. The third-order valence-electron chi connectivity index (χ3n) is 3.83. The predicted molar refractivity (Wildman–Crippen MR) is 83.0 cm³/mol. The molecule has 22 heavy (non-hydrogen) atoms. The average molecular weight is 329 g/mol. The van der Waals surface area contributed by atoms with Gasteiger partial charge in [0.1, 0.15) is 0 Å². The Morgan fingerprint density at radius 3 is 2.45 bits per heavy atom. The largest absolute Gasteiger partial charge is 0.493 e. The van der Waals surface area contributed by atoms with Gasteiger partial charge in [-0.25, -0.2) is 13.1 Å². The Bertz CT molecular complexity index is 623. The van der Waals surface area contributed by atoms with Crippen LogP contribution in [0.1, 0.15) is 25.3 Å². The van der Waals surface area contributed by atoms with Crippen LogP contribution in [0.25, 0.3) is 0 Å². The van der Waals surface area contributed by atoms with Gasteiger partial charge in [-0.3, -0.25) is 0 Å². The molecule has 0 amide bonds. The van der Waals surface area contributed by atoms with E-state index in [0.29, 0.717) is 23.7 Å². The zero-order chi connectivity index (χ0) is 16.3. The van der Waals surface area contributed by atoms with E-state index in [0.717, 1.165) is 12.8 Å². The molecule has 0 saturated carbocycles. The molecule has 1 aromatic rings. The van der Waals surface area contributed by atoms with E-state index in [1.165, 1.54) is 20.3 Å². The Morgan fingerprint density at radius 1 is 1.27 bits per heavy atom. The van der Waals surface area contributed by atoms with Crippen molar-refractivity contribution in [3.8, 4) is 11.5 Å². The van der Waals surface area contributed by atoms with Gasteiger partial charge >= 0.3 is 0 Å². The summed E-state index contributed by atoms with van der Waals surface area (Å²) in [4.78, 5) is 0.190. The molecule has 0 radical (unpaired) electrons. The minimum absolute atomic E-state index is 0.0739. The molecule has 1 heterocycles. The second-order valence-electron chi connectivity index (χ2n) is 5.43. The zero-order valence-corrected chi connectivity index (χ0v) is 14.2. The number of nitrogens with one attached hydrogen (secondary N) is 1. The predicted octanol–water partition coefficient (Wildman–Crippen LogP) is 1.86. The van der Waals surface area contributed by atoms with Crippen molar-refractivity contribution in [3.63, 3.8) is 0 Å². The van der Waals surface area contributed by atoms with Crippen LogP contribution in [-0.4, -0.2) is 41.4 Å². The van der Waals surface area contributed by atoms with Crippen molar-refractivity contribution in [2.75, 3.05) is 20.8 Å². The molecule has 0 aliphatic carbocycles. The van der Waals surface area contributed by atoms with Crippen LogP contribution in [0.2, 0.25) is 0 Å². The van der Waals surface area contributed by atoms with Gasteiger partial charge in [0.25, 0.3) is 0 Å². The summed E-state index contributed by atoms with van der Waals surface area (Å²) in [5.41, 5.74) is 0.602. The maximum absolute atomic E-state index is 12.6. The van der Waals surface area contributed by atoms with Gasteiger partial charge < -0.3 is 14.2 Å². The summed E-state index contributed by atoms with van der Waals surface area (Å²) in [6, 6.07) is 2.86. The lowest BCUT2D eigenvalue weighted by Gasteiger charge is -2.21. The highest BCUT2D eigenvalue weighted by molar-refractivity contribution is 7.89. The molecular weight excluding hydrogens is 306 g/mol. The van der Waals surface area contributed by atoms with Crippen molar-refractivity contribution in [1.29, 1.82) is 0 Å². The second-order valence-corrected chi connectivity index (χ2v) is 7.12. The lowest BCUT2D eigenvalue weighted by atomic mass is 10.1. The van der Waals surface area contributed by atoms with E-state index >= 15 is 0 Å². The van der Waals surface area contributed by atoms with Crippen molar-refractivity contribution >= 4 is 10.0 Å². The second kappa shape index (κ2) is 6.85. The Morgan fingerprint density at radius 2 is 1.91 bits per heavy atom. The lowest BCUT2D eigenvalue weighted by Crippen LogP contribution is -2.40. The molecule has 7 heteroatoms. The van der Waals surface area contributed by atoms with Crippen LogP contribution in [0.15, 0.2) is 17.0 Å². The number of benzene rings is 1. The first-order valence-corrected chi connectivity index (χ1v) is 8.74. The first-order valence-electron chi connectivity index (χ1n) is 7.25. The van der Waals surface area contributed by atoms with Gasteiger partial charge in [-0.05, 0) is 38.3 Å². The minimum atomic E-state index is -3.65. The third-order valence-corrected chi connectivity index (χ3v) is 5.54. The summed E-state index contributed by atoms with van der Waals surface area (Å²) < 4.78 is 43.9. The number of hydrogen-bond acceptors (Lipinski definition) is 5. The molecule has 0 bridgehead atoms. The Hall–Kier alpha value is -1.31. The summed E-state index contributed by atoms with van der Waals surface area (Å²) in [6.45, 7) is 4.24. The SMILES string of the molecule is COc1cc(C)c(S(=O)(=O)N[C@H](C)[C@H]2CCCO2)cc1OC. The van der Waals surface area contributed by atoms with E-state index in [2.05, 4.69) is 4.72 Å². The fourth-order valence-corrected chi connectivity index (χ4v) is 4.15. The molecule has 2 atom stereocenters. The first kappa shape index (κ1) is 17.1. The maximum atomic E-state index is 12.6. The van der Waals surface area contributed by atoms with Gasteiger partial charge in [-0.15, -0.1) is 0 Å². The summed E-state index contributed by atoms with van der Waals surface area (Å²) in [7, 11) is -0.655. The van der Waals surface area contributed by atoms with Gasteiger partial charge in [0.2, 0.25) is 10.0 Å². The smallest absolute Gasteiger partial charge is 0.241 e. The molecular formula is C15H23NO5S. The number of sulfonamides is 1. The van der Waals surface area contributed by atoms with Crippen molar-refractivity contribution in [2.45, 2.75) is 43.7 Å². The quantitative estimate of drug-likeness (QED) is 0.862. The van der Waals surface area contributed by atoms with Gasteiger partial charge in [0.15, 0.2) is 11.5 Å². The molecule has 6 nitrogen and oxygen atoms in total. The molecule has 1 aliphatic rings. The van der Waals surface area contributed by atoms with Gasteiger partial charge in [0.05, 0.1) is 25.2 Å². The topological polar surface area (TPSA) is 73.9 Å². The zero-order valence-electron chi connectivity index (χ0n) is 13.4. The van der Waals surface area contributed by atoms with Crippen LogP contribution in [0.4, 0.5) is 0 Å². The molecule has 124 valence electrons. The fourth-order valence-electron chi connectivity index (χ4n) is 2.63. The maximum Gasteiger partial charge on any atom is 0.241 e. The van der Waals surface area contributed by atoms with E-state index in [4.69, 9.17) is 14.2 Å². The summed E-state index contributed by atoms with van der Waals surface area (Å²) >= 11 is 0. The van der Waals surface area contributed by atoms with E-state index in [1.54, 1.807) is 13.0 Å². The summed E-state index contributed by atoms with van der Waals surface area (Å²) in [5, 5.41) is 0. The van der Waals surface area contributed by atoms with Crippen LogP contribution < -0.4 is 14.2 Å². The normalized spacial score (nSPS) is 19.9. The van der Waals surface area contributed by atoms with Crippen LogP contribution in [0, 0.1) is 6.92 Å². The molecule has 1 saturated heterocycles. The number of ether oxygens (including phenoxy) is 3. The average Bonchev–Trinajstić information content (AvgIpc) is 3.00. The molecule has 1 aliphatic heterocycles. The third kappa shape index (κ3) is 3.53. The fraction of sp³-hybridized carbons (Fsp3) is 0.600. The molecule has 2 rings (SSSR count). The highest BCUT2D eigenvalue weighted by atomic mass is 32.2. The lowest BCUT2D eigenvalue weighted by molar-refractivity contribution is 0.0902. The van der Waals surface area contributed by atoms with Crippen LogP contribution in [0.5, 0.6) is 11.5 Å². The van der Waals surface area contributed by atoms with Gasteiger partial charge in [0, 0.05) is 18.7 Å². The summed E-state index contributed by atoms with van der Waals surface area (Å²) in [5.74, 6) is 0.893. The van der Waals surface area contributed by atoms with Crippen molar-refractivity contribution in [1.82, 2.24) is 4.72 Å². The molecule has 0 spiro atoms. The molecule has 0 aromatic heterocycles. The number of aryl methyl sites for hydroxylation is 1. The standard InChI is InChI=1S/C15H23NO5S/c1-10-8-13(19-3)14(20-4)9-15(10)22(17,18)16-11(2)12-6-5-7-21-12/h8-9,11-12,16H,5-7H2,1-4H3/t11-,12-/m1/s1. The van der Waals surface area contributed by atoms with Crippen molar-refractivity contribution < 1.29 is 22.6 Å². The molecule has 0 unspecified atom stereocenters. The number of rotatable bonds is 6. The highest BCUT2D eigenvalue weighted by Crippen LogP contribution is 2.32. The number of hydrogen-bond donors (Lipinski definition) is 1. The molecule has 1 aromatic carbocycles. The van der Waals surface area contributed by atoms with Crippen LogP contribution in [-0.2, 0) is 14.8 Å². The highest BCUT2D eigenvalue weighted by Gasteiger charge is 2.28. The van der Waals surface area contributed by atoms with E-state index < -0.39 is 10.0 Å². The Labute approximate surface area is 131 Å². The molecule has 1 N–H and O–H groups in total. The molecule has 1 fully saturated rings. The van der Waals surface area contributed by atoms with Crippen LogP contribution in [0.3, 0.4) is 0 Å².